The van der Waals surface area contributed by atoms with Crippen molar-refractivity contribution >= 4 is 19.1 Å². The Morgan fingerprint density at radius 1 is 1.15 bits per heavy atom. The number of nitriles is 1. The Morgan fingerprint density at radius 3 is 2.60 bits per heavy atom. The lowest BCUT2D eigenvalue weighted by Gasteiger charge is -2.52. The van der Waals surface area contributed by atoms with Crippen molar-refractivity contribution in [2.45, 2.75) is 95.0 Å². The maximum atomic E-state index is 13.3. The molecule has 1 aliphatic carbocycles. The first-order valence-corrected chi connectivity index (χ1v) is 20.1. The summed E-state index contributed by atoms with van der Waals surface area (Å²) in [6.07, 6.45) is 5.98. The smallest absolute Gasteiger partial charge is 0.433 e. The fourth-order valence-electron chi connectivity index (χ4n) is 6.73. The van der Waals surface area contributed by atoms with E-state index >= 15 is 0 Å². The lowest BCUT2D eigenvalue weighted by molar-refractivity contribution is -0.141. The molecular formula is C34H42F3N7O3Si. The molecule has 0 atom stereocenters. The number of halogens is 3. The number of hydrogen-bond acceptors (Lipinski definition) is 8. The van der Waals surface area contributed by atoms with Crippen LogP contribution >= 0.6 is 0 Å². The van der Waals surface area contributed by atoms with Crippen molar-refractivity contribution in [3.05, 3.63) is 60.3 Å². The summed E-state index contributed by atoms with van der Waals surface area (Å²) >= 11 is 0. The number of piperidine rings is 1. The molecule has 1 saturated heterocycles. The van der Waals surface area contributed by atoms with Gasteiger partial charge >= 0.3 is 6.18 Å². The highest BCUT2D eigenvalue weighted by atomic mass is 28.3. The maximum absolute atomic E-state index is 13.3. The minimum Gasteiger partial charge on any atom is -0.474 e. The zero-order valence-corrected chi connectivity index (χ0v) is 28.6. The molecule has 1 saturated carbocycles. The van der Waals surface area contributed by atoms with Gasteiger partial charge in [0.15, 0.2) is 0 Å². The van der Waals surface area contributed by atoms with Crippen LogP contribution in [0.2, 0.25) is 25.7 Å². The maximum Gasteiger partial charge on any atom is 0.433 e. The van der Waals surface area contributed by atoms with E-state index in [1.807, 2.05) is 33.9 Å². The van der Waals surface area contributed by atoms with Gasteiger partial charge in [-0.1, -0.05) is 19.6 Å². The first kappa shape index (κ1) is 34.1. The molecule has 0 spiro atoms. The number of pyridine rings is 2. The molecule has 2 aliphatic rings. The van der Waals surface area contributed by atoms with Gasteiger partial charge in [-0.2, -0.15) is 23.5 Å². The molecule has 0 bridgehead atoms. The number of likely N-dealkylation sites (tertiary alicyclic amines) is 1. The summed E-state index contributed by atoms with van der Waals surface area (Å²) in [5.74, 6) is -0.118. The molecule has 0 aromatic carbocycles. The van der Waals surface area contributed by atoms with Gasteiger partial charge in [-0.3, -0.25) is 9.58 Å². The molecular weight excluding hydrogens is 640 g/mol. The highest BCUT2D eigenvalue weighted by Crippen LogP contribution is 2.46. The molecule has 4 aromatic rings. The number of ether oxygens (including phenoxy) is 2. The van der Waals surface area contributed by atoms with Crippen molar-refractivity contribution < 1.29 is 27.8 Å². The van der Waals surface area contributed by atoms with E-state index in [2.05, 4.69) is 46.6 Å². The van der Waals surface area contributed by atoms with Crippen LogP contribution in [0.1, 0.15) is 43.4 Å². The zero-order valence-electron chi connectivity index (χ0n) is 27.6. The Bertz CT molecular complexity index is 1760. The van der Waals surface area contributed by atoms with Crippen molar-refractivity contribution in [2.75, 3.05) is 19.7 Å². The van der Waals surface area contributed by atoms with Gasteiger partial charge in [0.1, 0.15) is 24.2 Å². The summed E-state index contributed by atoms with van der Waals surface area (Å²) in [7, 11) is -1.17. The fraction of sp³-hybridized carbons (Fsp3) is 0.529. The molecule has 1 N–H and O–H groups in total. The standard InChI is InChI=1S/C34H42F3N7O3Si/c1-48(2,3)15-14-46-23-43-13-7-29-28(4-10-39-32(29)43)25-20-40-44(21-25)33(8-9-38)18-26(19-33)42-11-5-27(6-12-42)47-31-17-24(22-45)16-30(41-31)34(35,36)37/h4,7,10,13,16-17,20-21,26-27,45H,5-6,8,11-12,14-15,18-19,22-23H2,1-3H3/t26-,33-. The second-order valence-corrected chi connectivity index (χ2v) is 19.9. The van der Waals surface area contributed by atoms with E-state index in [4.69, 9.17) is 14.6 Å². The van der Waals surface area contributed by atoms with Crippen LogP contribution in [0.25, 0.3) is 22.2 Å². The molecule has 0 amide bonds. The van der Waals surface area contributed by atoms with Gasteiger partial charge in [-0.05, 0) is 61.1 Å². The number of fused-ring (bicyclic) bond motifs is 1. The number of aromatic nitrogens is 5. The minimum atomic E-state index is -4.62. The molecule has 2 fully saturated rings. The van der Waals surface area contributed by atoms with E-state index < -0.39 is 32.1 Å². The summed E-state index contributed by atoms with van der Waals surface area (Å²) in [6, 6.07) is 10.00. The third-order valence-corrected chi connectivity index (χ3v) is 11.2. The summed E-state index contributed by atoms with van der Waals surface area (Å²) < 4.78 is 55.6. The first-order valence-electron chi connectivity index (χ1n) is 16.4. The molecule has 1 aliphatic heterocycles. The van der Waals surface area contributed by atoms with Crippen molar-refractivity contribution in [1.82, 2.24) is 29.2 Å². The van der Waals surface area contributed by atoms with Gasteiger partial charge in [-0.25, -0.2) is 9.97 Å². The summed E-state index contributed by atoms with van der Waals surface area (Å²) in [4.78, 5) is 10.6. The number of nitrogens with zero attached hydrogens (tertiary/aromatic N) is 7. The van der Waals surface area contributed by atoms with Gasteiger partial charge in [0.25, 0.3) is 0 Å². The Labute approximate surface area is 279 Å². The lowest BCUT2D eigenvalue weighted by Crippen LogP contribution is -2.58. The first-order chi connectivity index (χ1) is 22.9. The number of rotatable bonds is 12. The Hall–Kier alpha value is -3.77. The second-order valence-electron chi connectivity index (χ2n) is 14.2. The second kappa shape index (κ2) is 13.6. The van der Waals surface area contributed by atoms with Crippen LogP contribution < -0.4 is 4.74 Å². The molecule has 0 radical (unpaired) electrons. The van der Waals surface area contributed by atoms with Crippen LogP contribution in [0.5, 0.6) is 5.88 Å². The third kappa shape index (κ3) is 7.44. The van der Waals surface area contributed by atoms with Crippen molar-refractivity contribution in [2.24, 2.45) is 0 Å². The van der Waals surface area contributed by atoms with Gasteiger partial charge in [0, 0.05) is 69.4 Å². The van der Waals surface area contributed by atoms with Crippen LogP contribution in [0, 0.1) is 11.3 Å². The highest BCUT2D eigenvalue weighted by molar-refractivity contribution is 6.76. The molecule has 4 aromatic heterocycles. The van der Waals surface area contributed by atoms with Crippen LogP contribution in [-0.2, 0) is 29.8 Å². The fourth-order valence-corrected chi connectivity index (χ4v) is 7.49. The number of aliphatic hydroxyl groups excluding tert-OH is 1. The van der Waals surface area contributed by atoms with Crippen molar-refractivity contribution in [1.29, 1.82) is 5.26 Å². The Morgan fingerprint density at radius 2 is 1.92 bits per heavy atom. The Balaban J connectivity index is 1.08. The van der Waals surface area contributed by atoms with E-state index in [-0.39, 0.29) is 23.6 Å². The predicted molar refractivity (Wildman–Crippen MR) is 177 cm³/mol. The number of hydrogen-bond donors (Lipinski definition) is 1. The van der Waals surface area contributed by atoms with Crippen molar-refractivity contribution in [3.63, 3.8) is 0 Å². The minimum absolute atomic E-state index is 0.111. The van der Waals surface area contributed by atoms with Crippen LogP contribution in [0.3, 0.4) is 0 Å². The van der Waals surface area contributed by atoms with E-state index in [1.54, 1.807) is 6.20 Å². The molecule has 10 nitrogen and oxygen atoms in total. The predicted octanol–water partition coefficient (Wildman–Crippen LogP) is 6.43. The third-order valence-electron chi connectivity index (χ3n) is 9.52. The average molecular weight is 682 g/mol. The summed E-state index contributed by atoms with van der Waals surface area (Å²) in [5.41, 5.74) is 1.48. The van der Waals surface area contributed by atoms with E-state index in [1.165, 1.54) is 6.07 Å². The normalized spacial score (nSPS) is 20.9. The molecule has 48 heavy (non-hydrogen) atoms. The van der Waals surface area contributed by atoms with E-state index in [9.17, 15) is 23.5 Å². The van der Waals surface area contributed by atoms with Gasteiger partial charge in [0.05, 0.1) is 30.8 Å². The van der Waals surface area contributed by atoms with Crippen molar-refractivity contribution in [3.8, 4) is 23.1 Å². The quantitative estimate of drug-likeness (QED) is 0.134. The van der Waals surface area contributed by atoms with Crippen LogP contribution in [-0.4, -0.2) is 74.2 Å². The molecule has 5 heterocycles. The Kier molecular flexibility index (Phi) is 9.68. The summed E-state index contributed by atoms with van der Waals surface area (Å²) in [6.45, 7) is 9.11. The SMILES string of the molecule is C[Si](C)(C)CCOCn1ccc2c(-c3cnn([C@]4(CC#N)C[C@@H](N5CCC(Oc6cc(CO)cc(C(F)(F)F)n6)CC5)C4)c3)ccnc21. The monoisotopic (exact) mass is 681 g/mol. The van der Waals surface area contributed by atoms with E-state index in [0.717, 1.165) is 66.8 Å². The zero-order chi connectivity index (χ0) is 34.1. The number of aliphatic hydroxyl groups is 1. The lowest BCUT2D eigenvalue weighted by atomic mass is 9.69. The molecule has 0 unspecified atom stereocenters. The summed E-state index contributed by atoms with van der Waals surface area (Å²) in [5, 5.41) is 25.0. The molecule has 256 valence electrons. The average Bonchev–Trinajstić information content (AvgIpc) is 3.68. The van der Waals surface area contributed by atoms with E-state index in [0.29, 0.717) is 26.0 Å². The van der Waals surface area contributed by atoms with Gasteiger partial charge in [0.2, 0.25) is 5.88 Å². The molecule has 6 rings (SSSR count). The topological polar surface area (TPSA) is 114 Å². The molecule has 14 heteroatoms. The van der Waals surface area contributed by atoms with Crippen LogP contribution in [0.15, 0.2) is 49.1 Å². The number of alkyl halides is 3. The highest BCUT2D eigenvalue weighted by Gasteiger charge is 2.49. The van der Waals surface area contributed by atoms with Crippen LogP contribution in [0.4, 0.5) is 13.2 Å². The largest absolute Gasteiger partial charge is 0.474 e. The van der Waals surface area contributed by atoms with Gasteiger partial charge < -0.3 is 19.1 Å². The van der Waals surface area contributed by atoms with Gasteiger partial charge in [-0.15, -0.1) is 0 Å².